The number of nitrogens with zero attached hydrogens (tertiary/aromatic N) is 3. The highest BCUT2D eigenvalue weighted by Crippen LogP contribution is 2.31. The van der Waals surface area contributed by atoms with Gasteiger partial charge in [-0.1, -0.05) is 11.6 Å². The molecule has 1 fully saturated rings. The Morgan fingerprint density at radius 2 is 1.88 bits per heavy atom. The van der Waals surface area contributed by atoms with Gasteiger partial charge >= 0.3 is 6.09 Å². The lowest BCUT2D eigenvalue weighted by Crippen LogP contribution is -2.41. The number of fused-ring (bicyclic) bond motifs is 1. The second-order valence-electron chi connectivity index (χ2n) is 9.88. The van der Waals surface area contributed by atoms with Gasteiger partial charge in [0.2, 0.25) is 0 Å². The van der Waals surface area contributed by atoms with Crippen LogP contribution in [-0.2, 0) is 21.1 Å². The Bertz CT molecular complexity index is 1320. The fourth-order valence-electron chi connectivity index (χ4n) is 4.25. The van der Waals surface area contributed by atoms with E-state index < -0.39 is 15.4 Å². The number of hydrogen-bond acceptors (Lipinski definition) is 5. The van der Waals surface area contributed by atoms with Gasteiger partial charge in [0.25, 0.3) is 0 Å². The van der Waals surface area contributed by atoms with E-state index in [2.05, 4.69) is 4.98 Å². The van der Waals surface area contributed by atoms with Gasteiger partial charge in [0.05, 0.1) is 22.2 Å². The molecule has 0 atom stereocenters. The van der Waals surface area contributed by atoms with Gasteiger partial charge in [-0.15, -0.1) is 0 Å². The summed E-state index contributed by atoms with van der Waals surface area (Å²) < 4.78 is 31.1. The molecule has 0 aliphatic carbocycles. The number of carbonyl (C=O) groups excluding carboxylic acids is 1. The topological polar surface area (TPSA) is 81.5 Å². The van der Waals surface area contributed by atoms with Crippen LogP contribution < -0.4 is 0 Å². The number of ether oxygens (including phenoxy) is 1. The summed E-state index contributed by atoms with van der Waals surface area (Å²) in [6, 6.07) is 8.99. The van der Waals surface area contributed by atoms with Crippen molar-refractivity contribution in [3.8, 4) is 0 Å². The zero-order valence-electron chi connectivity index (χ0n) is 19.9. The van der Waals surface area contributed by atoms with Crippen molar-refractivity contribution in [3.05, 3.63) is 59.0 Å². The molecule has 0 unspecified atom stereocenters. The van der Waals surface area contributed by atoms with Crippen LogP contribution in [0.15, 0.2) is 47.6 Å². The molecule has 7 nitrogen and oxygen atoms in total. The number of carbonyl (C=O) groups is 1. The number of benzene rings is 1. The Balaban J connectivity index is 1.44. The van der Waals surface area contributed by atoms with Crippen LogP contribution in [0.1, 0.15) is 50.8 Å². The fraction of sp³-hybridized carbons (Fsp3) is 0.440. The van der Waals surface area contributed by atoms with Crippen LogP contribution in [0.25, 0.3) is 10.9 Å². The minimum absolute atomic E-state index is 0.264. The van der Waals surface area contributed by atoms with Gasteiger partial charge in [0.1, 0.15) is 5.60 Å². The van der Waals surface area contributed by atoms with Crippen LogP contribution in [0.2, 0.25) is 5.02 Å². The molecular weight excluding hydrogens is 474 g/mol. The molecule has 34 heavy (non-hydrogen) atoms. The third kappa shape index (κ3) is 5.55. The lowest BCUT2D eigenvalue weighted by molar-refractivity contribution is 0.0205. The minimum atomic E-state index is -3.25. The van der Waals surface area contributed by atoms with Gasteiger partial charge < -0.3 is 14.2 Å². The van der Waals surface area contributed by atoms with Crippen molar-refractivity contribution in [1.82, 2.24) is 14.5 Å². The number of piperidine rings is 1. The Morgan fingerprint density at radius 3 is 2.50 bits per heavy atom. The highest BCUT2D eigenvalue weighted by atomic mass is 35.5. The van der Waals surface area contributed by atoms with Crippen LogP contribution in [0, 0.1) is 0 Å². The number of likely N-dealkylation sites (tertiary alicyclic amines) is 1. The molecule has 1 aliphatic heterocycles. The molecule has 1 aromatic carbocycles. The third-order valence-corrected chi connectivity index (χ3v) is 7.48. The van der Waals surface area contributed by atoms with Crippen molar-refractivity contribution >= 4 is 38.4 Å². The molecule has 4 rings (SSSR count). The Morgan fingerprint density at radius 1 is 1.18 bits per heavy atom. The van der Waals surface area contributed by atoms with E-state index in [-0.39, 0.29) is 6.09 Å². The van der Waals surface area contributed by atoms with Crippen molar-refractivity contribution in [2.45, 2.75) is 56.6 Å². The van der Waals surface area contributed by atoms with E-state index >= 15 is 0 Å². The number of amides is 1. The molecule has 1 saturated heterocycles. The molecule has 0 saturated carbocycles. The summed E-state index contributed by atoms with van der Waals surface area (Å²) in [5, 5.41) is 1.45. The van der Waals surface area contributed by atoms with E-state index in [1.54, 1.807) is 17.0 Å². The summed E-state index contributed by atoms with van der Waals surface area (Å²) in [7, 11) is -3.25. The molecule has 0 bridgehead atoms. The van der Waals surface area contributed by atoms with E-state index in [1.807, 2.05) is 55.9 Å². The molecule has 1 aliphatic rings. The Labute approximate surface area is 205 Å². The number of hydrogen-bond donors (Lipinski definition) is 0. The Hall–Kier alpha value is -2.58. The molecule has 0 radical (unpaired) electrons. The SMILES string of the molecule is CC(C)(C)OC(=O)N1CCC(c2cnc(Cn3ccc4cc(S(C)(=O)=O)ccc43)c(Cl)c2)CC1. The number of aromatic nitrogens is 2. The third-order valence-electron chi connectivity index (χ3n) is 6.05. The maximum absolute atomic E-state index is 12.3. The maximum Gasteiger partial charge on any atom is 0.410 e. The van der Waals surface area contributed by atoms with Crippen molar-refractivity contribution in [3.63, 3.8) is 0 Å². The van der Waals surface area contributed by atoms with Gasteiger partial charge in [-0.3, -0.25) is 4.98 Å². The summed E-state index contributed by atoms with van der Waals surface area (Å²) in [5.41, 5.74) is 2.25. The molecule has 0 spiro atoms. The first-order chi connectivity index (χ1) is 15.9. The summed E-state index contributed by atoms with van der Waals surface area (Å²) in [6.45, 7) is 7.38. The first-order valence-corrected chi connectivity index (χ1v) is 13.6. The molecule has 9 heteroatoms. The average Bonchev–Trinajstić information content (AvgIpc) is 3.15. The minimum Gasteiger partial charge on any atom is -0.444 e. The Kier molecular flexibility index (Phi) is 6.66. The number of rotatable bonds is 4. The monoisotopic (exact) mass is 503 g/mol. The van der Waals surface area contributed by atoms with Crippen molar-refractivity contribution < 1.29 is 17.9 Å². The van der Waals surface area contributed by atoms with Crippen molar-refractivity contribution in [2.75, 3.05) is 19.3 Å². The smallest absolute Gasteiger partial charge is 0.410 e. The number of sulfone groups is 1. The van der Waals surface area contributed by atoms with Gasteiger partial charge in [-0.2, -0.15) is 0 Å². The molecule has 3 aromatic rings. The van der Waals surface area contributed by atoms with Gasteiger partial charge in [-0.25, -0.2) is 13.2 Å². The predicted molar refractivity (Wildman–Crippen MR) is 133 cm³/mol. The van der Waals surface area contributed by atoms with Crippen LogP contribution in [0.4, 0.5) is 4.79 Å². The van der Waals surface area contributed by atoms with Crippen molar-refractivity contribution in [2.24, 2.45) is 0 Å². The first kappa shape index (κ1) is 24.5. The van der Waals surface area contributed by atoms with Crippen LogP contribution >= 0.6 is 11.6 Å². The highest BCUT2D eigenvalue weighted by Gasteiger charge is 2.28. The largest absolute Gasteiger partial charge is 0.444 e. The molecular formula is C25H30ClN3O4S. The molecule has 0 N–H and O–H groups in total. The van der Waals surface area contributed by atoms with Gasteiger partial charge in [-0.05, 0) is 75.4 Å². The lowest BCUT2D eigenvalue weighted by atomic mass is 9.90. The van der Waals surface area contributed by atoms with Gasteiger partial charge in [0, 0.05) is 42.6 Å². The normalized spacial score (nSPS) is 15.6. The second-order valence-corrected chi connectivity index (χ2v) is 12.3. The van der Waals surface area contributed by atoms with E-state index in [1.165, 1.54) is 6.26 Å². The van der Waals surface area contributed by atoms with Crippen LogP contribution in [0.5, 0.6) is 0 Å². The second kappa shape index (κ2) is 9.23. The predicted octanol–water partition coefficient (Wildman–Crippen LogP) is 5.26. The van der Waals surface area contributed by atoms with E-state index in [0.29, 0.717) is 35.5 Å². The molecule has 1 amide bonds. The van der Waals surface area contributed by atoms with E-state index in [0.717, 1.165) is 35.0 Å². The van der Waals surface area contributed by atoms with E-state index in [4.69, 9.17) is 16.3 Å². The molecule has 3 heterocycles. The highest BCUT2D eigenvalue weighted by molar-refractivity contribution is 7.90. The zero-order valence-corrected chi connectivity index (χ0v) is 21.5. The summed E-state index contributed by atoms with van der Waals surface area (Å²) in [4.78, 5) is 19.0. The summed E-state index contributed by atoms with van der Waals surface area (Å²) in [6.07, 6.45) is 6.40. The lowest BCUT2D eigenvalue weighted by Gasteiger charge is -2.33. The number of pyridine rings is 1. The number of halogens is 1. The van der Waals surface area contributed by atoms with Crippen LogP contribution in [-0.4, -0.2) is 53.9 Å². The van der Waals surface area contributed by atoms with Crippen molar-refractivity contribution in [1.29, 1.82) is 0 Å². The average molecular weight is 504 g/mol. The molecule has 182 valence electrons. The van der Waals surface area contributed by atoms with Crippen LogP contribution in [0.3, 0.4) is 0 Å². The standard InChI is InChI=1S/C25H30ClN3O4S/c1-25(2,3)33-24(30)28-10-7-17(8-11-28)19-14-21(26)22(27-15-19)16-29-12-9-18-13-20(34(4,31)32)5-6-23(18)29/h5-6,9,12-15,17H,7-8,10-11,16H2,1-4H3. The summed E-state index contributed by atoms with van der Waals surface area (Å²) >= 11 is 6.61. The summed E-state index contributed by atoms with van der Waals surface area (Å²) in [5.74, 6) is 0.291. The zero-order chi connectivity index (χ0) is 24.7. The quantitative estimate of drug-likeness (QED) is 0.485. The maximum atomic E-state index is 12.3. The van der Waals surface area contributed by atoms with Gasteiger partial charge in [0.15, 0.2) is 9.84 Å². The fourth-order valence-corrected chi connectivity index (χ4v) is 5.14. The van der Waals surface area contributed by atoms with E-state index in [9.17, 15) is 13.2 Å². The first-order valence-electron chi connectivity index (χ1n) is 11.3. The molecule has 2 aromatic heterocycles.